The first-order valence-corrected chi connectivity index (χ1v) is 8.57. The number of carboxylic acid groups (broad SMARTS) is 1. The zero-order valence-corrected chi connectivity index (χ0v) is 14.6. The standard InChI is InChI=1S/C18H18BrFN2O2/c19-13-1-5-15(6-2-13)22(16-7-3-14(20)4-8-16)17-9-10-21(11-17)12-18(23)24/h1-8,17H,9-12H2,(H,23,24). The van der Waals surface area contributed by atoms with Crippen molar-refractivity contribution in [3.05, 3.63) is 58.8 Å². The van der Waals surface area contributed by atoms with Gasteiger partial charge in [0.2, 0.25) is 0 Å². The Balaban J connectivity index is 1.89. The summed E-state index contributed by atoms with van der Waals surface area (Å²) in [5, 5.41) is 8.99. The van der Waals surface area contributed by atoms with E-state index >= 15 is 0 Å². The maximum atomic E-state index is 13.3. The van der Waals surface area contributed by atoms with Gasteiger partial charge in [-0.05, 0) is 55.0 Å². The molecule has 0 saturated carbocycles. The van der Waals surface area contributed by atoms with Crippen LogP contribution in [0.3, 0.4) is 0 Å². The number of hydrogen-bond donors (Lipinski definition) is 1. The third kappa shape index (κ3) is 3.94. The van der Waals surface area contributed by atoms with Crippen molar-refractivity contribution in [1.29, 1.82) is 0 Å². The molecule has 1 heterocycles. The van der Waals surface area contributed by atoms with Gasteiger partial charge in [-0.15, -0.1) is 0 Å². The number of halogens is 2. The molecule has 0 aromatic heterocycles. The molecule has 2 aromatic rings. The molecule has 1 aliphatic rings. The largest absolute Gasteiger partial charge is 0.480 e. The van der Waals surface area contributed by atoms with Gasteiger partial charge in [-0.3, -0.25) is 9.69 Å². The Labute approximate surface area is 148 Å². The van der Waals surface area contributed by atoms with Gasteiger partial charge >= 0.3 is 5.97 Å². The summed E-state index contributed by atoms with van der Waals surface area (Å²) in [6.45, 7) is 1.46. The Morgan fingerprint density at radius 3 is 2.33 bits per heavy atom. The van der Waals surface area contributed by atoms with E-state index in [0.717, 1.165) is 28.8 Å². The molecule has 126 valence electrons. The van der Waals surface area contributed by atoms with Gasteiger partial charge in [0.05, 0.1) is 6.54 Å². The first kappa shape index (κ1) is 16.9. The maximum absolute atomic E-state index is 13.3. The quantitative estimate of drug-likeness (QED) is 0.838. The lowest BCUT2D eigenvalue weighted by atomic mass is 10.1. The topological polar surface area (TPSA) is 43.8 Å². The van der Waals surface area contributed by atoms with E-state index in [1.165, 1.54) is 12.1 Å². The van der Waals surface area contributed by atoms with Crippen molar-refractivity contribution in [2.45, 2.75) is 12.5 Å². The molecular formula is C18H18BrFN2O2. The molecule has 0 radical (unpaired) electrons. The van der Waals surface area contributed by atoms with Crippen LogP contribution >= 0.6 is 15.9 Å². The summed E-state index contributed by atoms with van der Waals surface area (Å²) in [5.41, 5.74) is 1.91. The van der Waals surface area contributed by atoms with Crippen molar-refractivity contribution in [2.75, 3.05) is 24.5 Å². The van der Waals surface area contributed by atoms with Crippen LogP contribution in [0.2, 0.25) is 0 Å². The van der Waals surface area contributed by atoms with E-state index in [-0.39, 0.29) is 18.4 Å². The number of nitrogens with zero attached hydrogens (tertiary/aromatic N) is 2. The predicted octanol–water partition coefficient (Wildman–Crippen LogP) is 3.89. The van der Waals surface area contributed by atoms with E-state index in [4.69, 9.17) is 5.11 Å². The van der Waals surface area contributed by atoms with E-state index in [1.807, 2.05) is 29.2 Å². The fourth-order valence-corrected chi connectivity index (χ4v) is 3.40. The first-order valence-electron chi connectivity index (χ1n) is 7.77. The summed E-state index contributed by atoms with van der Waals surface area (Å²) >= 11 is 3.44. The molecule has 1 fully saturated rings. The highest BCUT2D eigenvalue weighted by Crippen LogP contribution is 2.32. The molecule has 24 heavy (non-hydrogen) atoms. The number of rotatable bonds is 5. The van der Waals surface area contributed by atoms with Crippen molar-refractivity contribution in [1.82, 2.24) is 4.90 Å². The molecule has 0 amide bonds. The number of hydrogen-bond acceptors (Lipinski definition) is 3. The molecule has 1 N–H and O–H groups in total. The SMILES string of the molecule is O=C(O)CN1CCC(N(c2ccc(F)cc2)c2ccc(Br)cc2)C1. The average Bonchev–Trinajstić information content (AvgIpc) is 2.98. The Kier molecular flexibility index (Phi) is 5.16. The minimum Gasteiger partial charge on any atom is -0.480 e. The van der Waals surface area contributed by atoms with E-state index in [9.17, 15) is 9.18 Å². The van der Waals surface area contributed by atoms with E-state index in [2.05, 4.69) is 20.8 Å². The monoisotopic (exact) mass is 392 g/mol. The number of carboxylic acids is 1. The Bertz CT molecular complexity index is 660. The Hall–Kier alpha value is -1.92. The first-order chi connectivity index (χ1) is 11.5. The van der Waals surface area contributed by atoms with E-state index < -0.39 is 5.97 Å². The van der Waals surface area contributed by atoms with Gasteiger partial charge in [-0.1, -0.05) is 15.9 Å². The van der Waals surface area contributed by atoms with Crippen LogP contribution in [0, 0.1) is 5.82 Å². The molecule has 0 spiro atoms. The fraction of sp³-hybridized carbons (Fsp3) is 0.278. The third-order valence-electron chi connectivity index (χ3n) is 4.18. The Morgan fingerprint density at radius 1 is 1.17 bits per heavy atom. The number of benzene rings is 2. The summed E-state index contributed by atoms with van der Waals surface area (Å²) in [6.07, 6.45) is 0.862. The third-order valence-corrected chi connectivity index (χ3v) is 4.71. The van der Waals surface area contributed by atoms with Crippen LogP contribution < -0.4 is 4.90 Å². The summed E-state index contributed by atoms with van der Waals surface area (Å²) in [6, 6.07) is 14.5. The van der Waals surface area contributed by atoms with Crippen LogP contribution in [0.5, 0.6) is 0 Å². The molecular weight excluding hydrogens is 375 g/mol. The van der Waals surface area contributed by atoms with Gasteiger partial charge in [-0.2, -0.15) is 0 Å². The average molecular weight is 393 g/mol. The Morgan fingerprint density at radius 2 is 1.75 bits per heavy atom. The van der Waals surface area contributed by atoms with Crippen LogP contribution in [-0.4, -0.2) is 41.7 Å². The zero-order valence-electron chi connectivity index (χ0n) is 13.0. The van der Waals surface area contributed by atoms with E-state index in [1.54, 1.807) is 12.1 Å². The smallest absolute Gasteiger partial charge is 0.317 e. The normalized spacial score (nSPS) is 17.8. The number of carbonyl (C=O) groups is 1. The fourth-order valence-electron chi connectivity index (χ4n) is 3.13. The van der Waals surface area contributed by atoms with E-state index in [0.29, 0.717) is 6.54 Å². The zero-order chi connectivity index (χ0) is 17.1. The lowest BCUT2D eigenvalue weighted by Crippen LogP contribution is -2.35. The highest BCUT2D eigenvalue weighted by Gasteiger charge is 2.29. The second-order valence-corrected chi connectivity index (χ2v) is 6.81. The van der Waals surface area contributed by atoms with Crippen LogP contribution in [0.25, 0.3) is 0 Å². The summed E-state index contributed by atoms with van der Waals surface area (Å²) in [7, 11) is 0. The van der Waals surface area contributed by atoms with Gasteiger partial charge in [0, 0.05) is 35.0 Å². The van der Waals surface area contributed by atoms with Crippen molar-refractivity contribution in [3.63, 3.8) is 0 Å². The molecule has 4 nitrogen and oxygen atoms in total. The van der Waals surface area contributed by atoms with Crippen molar-refractivity contribution in [2.24, 2.45) is 0 Å². The predicted molar refractivity (Wildman–Crippen MR) is 95.2 cm³/mol. The summed E-state index contributed by atoms with van der Waals surface area (Å²) < 4.78 is 14.3. The number of aliphatic carboxylic acids is 1. The summed E-state index contributed by atoms with van der Waals surface area (Å²) in [4.78, 5) is 15.0. The minimum atomic E-state index is -0.812. The molecule has 3 rings (SSSR count). The molecule has 6 heteroatoms. The van der Waals surface area contributed by atoms with Gasteiger partial charge in [0.25, 0.3) is 0 Å². The molecule has 1 saturated heterocycles. The van der Waals surface area contributed by atoms with Crippen molar-refractivity contribution < 1.29 is 14.3 Å². The van der Waals surface area contributed by atoms with Crippen LogP contribution in [0.15, 0.2) is 53.0 Å². The molecule has 1 unspecified atom stereocenters. The second kappa shape index (κ2) is 7.32. The summed E-state index contributed by atoms with van der Waals surface area (Å²) in [5.74, 6) is -1.08. The molecule has 0 aliphatic carbocycles. The van der Waals surface area contributed by atoms with Crippen molar-refractivity contribution >= 4 is 33.3 Å². The number of likely N-dealkylation sites (tertiary alicyclic amines) is 1. The second-order valence-electron chi connectivity index (χ2n) is 5.89. The van der Waals surface area contributed by atoms with Gasteiger partial charge < -0.3 is 10.0 Å². The highest BCUT2D eigenvalue weighted by molar-refractivity contribution is 9.10. The molecule has 1 atom stereocenters. The lowest BCUT2D eigenvalue weighted by Gasteiger charge is -2.31. The van der Waals surface area contributed by atoms with Crippen LogP contribution in [0.4, 0.5) is 15.8 Å². The van der Waals surface area contributed by atoms with Crippen molar-refractivity contribution in [3.8, 4) is 0 Å². The lowest BCUT2D eigenvalue weighted by molar-refractivity contribution is -0.138. The molecule has 1 aliphatic heterocycles. The highest BCUT2D eigenvalue weighted by atomic mass is 79.9. The van der Waals surface area contributed by atoms with Gasteiger partial charge in [0.1, 0.15) is 5.82 Å². The maximum Gasteiger partial charge on any atom is 0.317 e. The number of anilines is 2. The van der Waals surface area contributed by atoms with Crippen LogP contribution in [0.1, 0.15) is 6.42 Å². The van der Waals surface area contributed by atoms with Gasteiger partial charge in [0.15, 0.2) is 0 Å². The molecule has 2 aromatic carbocycles. The molecule has 0 bridgehead atoms. The van der Waals surface area contributed by atoms with Crippen LogP contribution in [-0.2, 0) is 4.79 Å². The van der Waals surface area contributed by atoms with Gasteiger partial charge in [-0.25, -0.2) is 4.39 Å². The minimum absolute atomic E-state index is 0.0497.